The third-order valence-corrected chi connectivity index (χ3v) is 5.17. The Morgan fingerprint density at radius 2 is 1.58 bits per heavy atom. The Bertz CT molecular complexity index is 1240. The lowest BCUT2D eigenvalue weighted by atomic mass is 10.1. The minimum atomic E-state index is -0.552. The highest BCUT2D eigenvalue weighted by Crippen LogP contribution is 2.40. The first kappa shape index (κ1) is 22.2. The van der Waals surface area contributed by atoms with Crippen molar-refractivity contribution in [1.82, 2.24) is 0 Å². The number of carbonyl (C=O) groups is 2. The molecule has 3 aromatic carbocycles. The van der Waals surface area contributed by atoms with E-state index >= 15 is 0 Å². The minimum Gasteiger partial charge on any atom is -0.493 e. The van der Waals surface area contributed by atoms with Gasteiger partial charge in [-0.2, -0.15) is 0 Å². The van der Waals surface area contributed by atoms with Crippen molar-refractivity contribution in [2.75, 3.05) is 21.3 Å². The molecule has 1 aliphatic heterocycles. The van der Waals surface area contributed by atoms with Crippen LogP contribution in [0.1, 0.15) is 26.3 Å². The second-order valence-electron chi connectivity index (χ2n) is 6.95. The zero-order valence-corrected chi connectivity index (χ0v) is 18.8. The fraction of sp³-hybridized carbons (Fsp3) is 0.120. The first-order valence-corrected chi connectivity index (χ1v) is 10.2. The van der Waals surface area contributed by atoms with Crippen LogP contribution in [-0.4, -0.2) is 33.1 Å². The molecule has 0 bridgehead atoms. The molecule has 0 saturated heterocycles. The van der Waals surface area contributed by atoms with Gasteiger partial charge < -0.3 is 23.7 Å². The van der Waals surface area contributed by atoms with Crippen LogP contribution in [0.15, 0.2) is 60.4 Å². The second kappa shape index (κ2) is 9.26. The maximum atomic E-state index is 12.8. The predicted octanol–water partition coefficient (Wildman–Crippen LogP) is 5.20. The molecule has 0 fully saturated rings. The molecular formula is C25H19ClO7. The molecule has 0 radical (unpaired) electrons. The third-order valence-electron chi connectivity index (χ3n) is 4.92. The topological polar surface area (TPSA) is 80.3 Å². The molecule has 7 nitrogen and oxygen atoms in total. The van der Waals surface area contributed by atoms with Crippen LogP contribution in [0.4, 0.5) is 0 Å². The number of hydrogen-bond donors (Lipinski definition) is 0. The van der Waals surface area contributed by atoms with Crippen LogP contribution < -0.4 is 23.7 Å². The largest absolute Gasteiger partial charge is 0.493 e. The van der Waals surface area contributed by atoms with Crippen LogP contribution >= 0.6 is 11.6 Å². The fourth-order valence-electron chi connectivity index (χ4n) is 3.32. The number of allylic oxidation sites excluding steroid dienone is 1. The summed E-state index contributed by atoms with van der Waals surface area (Å²) in [5.41, 5.74) is 1.33. The number of benzene rings is 3. The predicted molar refractivity (Wildman–Crippen MR) is 122 cm³/mol. The molecule has 0 amide bonds. The summed E-state index contributed by atoms with van der Waals surface area (Å²) in [5, 5.41) is 0.516. The summed E-state index contributed by atoms with van der Waals surface area (Å²) in [5.74, 6) is 1.14. The summed E-state index contributed by atoms with van der Waals surface area (Å²) >= 11 is 5.85. The Labute approximate surface area is 195 Å². The Morgan fingerprint density at radius 1 is 0.909 bits per heavy atom. The lowest BCUT2D eigenvalue weighted by Gasteiger charge is -2.13. The van der Waals surface area contributed by atoms with Gasteiger partial charge in [0.05, 0.1) is 32.5 Å². The smallest absolute Gasteiger partial charge is 0.343 e. The number of methoxy groups -OCH3 is 3. The molecule has 33 heavy (non-hydrogen) atoms. The molecule has 8 heteroatoms. The van der Waals surface area contributed by atoms with E-state index in [1.165, 1.54) is 33.5 Å². The first-order valence-electron chi connectivity index (χ1n) is 9.79. The van der Waals surface area contributed by atoms with Gasteiger partial charge in [-0.15, -0.1) is 0 Å². The maximum absolute atomic E-state index is 12.8. The Balaban J connectivity index is 1.58. The van der Waals surface area contributed by atoms with Gasteiger partial charge in [-0.1, -0.05) is 11.6 Å². The Kier molecular flexibility index (Phi) is 6.24. The van der Waals surface area contributed by atoms with Crippen LogP contribution in [-0.2, 0) is 0 Å². The molecule has 0 atom stereocenters. The third kappa shape index (κ3) is 4.49. The molecule has 0 aliphatic carbocycles. The van der Waals surface area contributed by atoms with Crippen LogP contribution in [0.25, 0.3) is 6.08 Å². The van der Waals surface area contributed by atoms with Crippen molar-refractivity contribution in [3.8, 4) is 28.7 Å². The van der Waals surface area contributed by atoms with Gasteiger partial charge in [0.15, 0.2) is 17.3 Å². The number of hydrogen-bond acceptors (Lipinski definition) is 7. The van der Waals surface area contributed by atoms with Crippen molar-refractivity contribution in [2.24, 2.45) is 0 Å². The quantitative estimate of drug-likeness (QED) is 0.280. The molecule has 0 saturated carbocycles. The van der Waals surface area contributed by atoms with E-state index in [9.17, 15) is 9.59 Å². The zero-order valence-electron chi connectivity index (χ0n) is 18.0. The lowest BCUT2D eigenvalue weighted by Crippen LogP contribution is -2.08. The van der Waals surface area contributed by atoms with E-state index in [1.54, 1.807) is 48.5 Å². The summed E-state index contributed by atoms with van der Waals surface area (Å²) in [4.78, 5) is 25.2. The van der Waals surface area contributed by atoms with Crippen molar-refractivity contribution in [1.29, 1.82) is 0 Å². The Morgan fingerprint density at radius 3 is 2.18 bits per heavy atom. The molecule has 1 heterocycles. The highest BCUT2D eigenvalue weighted by molar-refractivity contribution is 6.30. The van der Waals surface area contributed by atoms with Gasteiger partial charge >= 0.3 is 5.97 Å². The minimum absolute atomic E-state index is 0.112. The summed E-state index contributed by atoms with van der Waals surface area (Å²) in [7, 11) is 4.53. The number of ether oxygens (including phenoxy) is 5. The van der Waals surface area contributed by atoms with E-state index in [4.69, 9.17) is 35.3 Å². The van der Waals surface area contributed by atoms with Gasteiger partial charge in [0, 0.05) is 11.1 Å². The van der Waals surface area contributed by atoms with Gasteiger partial charge in [-0.05, 0) is 60.2 Å². The number of Topliss-reactive ketones (excluding diaryl/α,β-unsaturated/α-hetero) is 1. The van der Waals surface area contributed by atoms with Gasteiger partial charge in [0.25, 0.3) is 0 Å². The number of fused-ring (bicyclic) bond motifs is 1. The van der Waals surface area contributed by atoms with Crippen LogP contribution in [0.3, 0.4) is 0 Å². The van der Waals surface area contributed by atoms with Crippen LogP contribution in [0, 0.1) is 0 Å². The number of halogens is 1. The maximum Gasteiger partial charge on any atom is 0.343 e. The number of carbonyl (C=O) groups excluding carboxylic acids is 2. The van der Waals surface area contributed by atoms with E-state index in [1.807, 2.05) is 0 Å². The average molecular weight is 467 g/mol. The number of rotatable bonds is 6. The standard InChI is InChI=1S/C25H19ClO7/c1-29-21-11-14(12-22(30-2)24(21)31-3)10-20-23(27)18-9-8-17(13-19(18)33-20)32-25(28)15-4-6-16(26)7-5-15/h4-13H,1-3H3. The SMILES string of the molecule is COc1cc(C=C2Oc3cc(OC(=O)c4ccc(Cl)cc4)ccc3C2=O)cc(OC)c1OC. The fourth-order valence-corrected chi connectivity index (χ4v) is 3.44. The van der Waals surface area contributed by atoms with Gasteiger partial charge in [0.1, 0.15) is 11.5 Å². The van der Waals surface area contributed by atoms with Crippen molar-refractivity contribution in [3.63, 3.8) is 0 Å². The molecule has 0 unspecified atom stereocenters. The summed E-state index contributed by atoms with van der Waals surface area (Å²) < 4.78 is 27.2. The first-order chi connectivity index (χ1) is 15.9. The highest BCUT2D eigenvalue weighted by Gasteiger charge is 2.28. The van der Waals surface area contributed by atoms with Crippen LogP contribution in [0.5, 0.6) is 28.7 Å². The second-order valence-corrected chi connectivity index (χ2v) is 7.39. The van der Waals surface area contributed by atoms with Crippen molar-refractivity contribution in [2.45, 2.75) is 0 Å². The van der Waals surface area contributed by atoms with E-state index < -0.39 is 5.97 Å². The van der Waals surface area contributed by atoms with Gasteiger partial charge in [-0.25, -0.2) is 4.79 Å². The van der Waals surface area contributed by atoms with Gasteiger partial charge in [-0.3, -0.25) is 4.79 Å². The van der Waals surface area contributed by atoms with Crippen LogP contribution in [0.2, 0.25) is 5.02 Å². The summed E-state index contributed by atoms with van der Waals surface area (Å²) in [6.07, 6.45) is 1.58. The van der Waals surface area contributed by atoms with Crippen molar-refractivity contribution >= 4 is 29.4 Å². The number of esters is 1. The van der Waals surface area contributed by atoms with E-state index in [0.717, 1.165) is 0 Å². The lowest BCUT2D eigenvalue weighted by molar-refractivity contribution is 0.0734. The van der Waals surface area contributed by atoms with Crippen molar-refractivity contribution in [3.05, 3.63) is 82.1 Å². The summed E-state index contributed by atoms with van der Waals surface area (Å²) in [6.45, 7) is 0. The molecule has 3 aromatic rings. The van der Waals surface area contributed by atoms with E-state index in [2.05, 4.69) is 0 Å². The van der Waals surface area contributed by atoms with Gasteiger partial charge in [0.2, 0.25) is 11.5 Å². The molecule has 4 rings (SSSR count). The molecule has 0 N–H and O–H groups in total. The highest BCUT2D eigenvalue weighted by atomic mass is 35.5. The molecule has 0 aromatic heterocycles. The zero-order chi connectivity index (χ0) is 23.5. The Hall–Kier alpha value is -3.97. The monoisotopic (exact) mass is 466 g/mol. The molecule has 168 valence electrons. The summed E-state index contributed by atoms with van der Waals surface area (Å²) in [6, 6.07) is 14.3. The average Bonchev–Trinajstić information content (AvgIpc) is 3.12. The van der Waals surface area contributed by atoms with Crippen molar-refractivity contribution < 1.29 is 33.3 Å². The normalized spacial score (nSPS) is 13.3. The molecule has 1 aliphatic rings. The molecule has 0 spiro atoms. The van der Waals surface area contributed by atoms with E-state index in [-0.39, 0.29) is 17.3 Å². The number of ketones is 1. The molecular weight excluding hydrogens is 448 g/mol. The van der Waals surface area contributed by atoms with E-state index in [0.29, 0.717) is 44.7 Å².